The van der Waals surface area contributed by atoms with Crippen LogP contribution in [0.15, 0.2) is 85.1 Å². The highest BCUT2D eigenvalue weighted by Crippen LogP contribution is 2.27. The van der Waals surface area contributed by atoms with Crippen molar-refractivity contribution in [3.05, 3.63) is 129 Å². The number of nitrogens with one attached hydrogen (secondary N) is 1. The number of halogens is 3. The Balaban J connectivity index is 0.000000181. The molecular formula is C39H40B2Cl3N5O5. The van der Waals surface area contributed by atoms with Crippen LogP contribution in [0.1, 0.15) is 43.1 Å². The smallest absolute Gasteiger partial charge is 0.446 e. The fraction of sp³-hybridized carbons (Fsp3) is 0.256. The summed E-state index contributed by atoms with van der Waals surface area (Å²) in [5.74, 6) is -0.316. The van der Waals surface area contributed by atoms with Crippen molar-refractivity contribution in [2.24, 2.45) is 0 Å². The summed E-state index contributed by atoms with van der Waals surface area (Å²) in [4.78, 5) is 30.0. The van der Waals surface area contributed by atoms with Crippen molar-refractivity contribution in [3.63, 3.8) is 0 Å². The number of hydrogen-bond acceptors (Lipinski definition) is 8. The Bertz CT molecular complexity index is 2180. The number of aromatic nitrogens is 2. The van der Waals surface area contributed by atoms with Gasteiger partial charge in [-0.2, -0.15) is 5.10 Å². The molecule has 0 spiro atoms. The van der Waals surface area contributed by atoms with E-state index in [4.69, 9.17) is 27.9 Å². The van der Waals surface area contributed by atoms with Gasteiger partial charge in [0.15, 0.2) is 5.78 Å². The Morgan fingerprint density at radius 3 is 2.28 bits per heavy atom. The Morgan fingerprint density at radius 1 is 0.852 bits per heavy atom. The average Bonchev–Trinajstić information content (AvgIpc) is 3.86. The van der Waals surface area contributed by atoms with E-state index >= 15 is 0 Å². The predicted octanol–water partition coefficient (Wildman–Crippen LogP) is 4.99. The van der Waals surface area contributed by atoms with Gasteiger partial charge in [-0.1, -0.05) is 53.0 Å². The highest BCUT2D eigenvalue weighted by molar-refractivity contribution is 6.68. The van der Waals surface area contributed by atoms with Crippen LogP contribution in [0.2, 0.25) is 16.4 Å². The number of rotatable bonds is 7. The lowest BCUT2D eigenvalue weighted by atomic mass is 9.63. The highest BCUT2D eigenvalue weighted by Gasteiger charge is 2.28. The van der Waals surface area contributed by atoms with Crippen LogP contribution in [-0.4, -0.2) is 83.7 Å². The van der Waals surface area contributed by atoms with Crippen molar-refractivity contribution in [3.8, 4) is 5.69 Å². The van der Waals surface area contributed by atoms with E-state index in [1.807, 2.05) is 61.7 Å². The first-order chi connectivity index (χ1) is 25.5. The van der Waals surface area contributed by atoms with Crippen molar-refractivity contribution in [2.45, 2.75) is 32.7 Å². The second-order valence-electron chi connectivity index (χ2n) is 13.7. The monoisotopic (exact) mass is 785 g/mol. The van der Waals surface area contributed by atoms with Gasteiger partial charge in [0.1, 0.15) is 0 Å². The van der Waals surface area contributed by atoms with E-state index in [0.29, 0.717) is 45.4 Å². The van der Waals surface area contributed by atoms with Gasteiger partial charge in [0, 0.05) is 55.7 Å². The molecule has 0 unspecified atom stereocenters. The van der Waals surface area contributed by atoms with E-state index < -0.39 is 14.0 Å². The number of aryl methyl sites for hydroxylation is 2. The minimum atomic E-state index is -0.956. The summed E-state index contributed by atoms with van der Waals surface area (Å²) >= 11 is 12.8. The molecule has 0 atom stereocenters. The Labute approximate surface area is 331 Å². The molecular weight excluding hydrogens is 746 g/mol. The summed E-state index contributed by atoms with van der Waals surface area (Å²) in [5.41, 5.74) is 8.90. The third-order valence-electron chi connectivity index (χ3n) is 9.99. The molecule has 278 valence electrons. The maximum Gasteiger partial charge on any atom is 0.491 e. The maximum absolute atomic E-state index is 12.8. The molecule has 1 saturated heterocycles. The Kier molecular flexibility index (Phi) is 12.5. The van der Waals surface area contributed by atoms with Gasteiger partial charge in [0.2, 0.25) is 0 Å². The van der Waals surface area contributed by atoms with Crippen LogP contribution < -0.4 is 21.1 Å². The van der Waals surface area contributed by atoms with Gasteiger partial charge < -0.3 is 29.8 Å². The van der Waals surface area contributed by atoms with E-state index in [1.54, 1.807) is 35.0 Å². The average molecular weight is 787 g/mol. The summed E-state index contributed by atoms with van der Waals surface area (Å²) in [6.07, 6.45) is 3.81. The van der Waals surface area contributed by atoms with E-state index in [-0.39, 0.29) is 24.1 Å². The van der Waals surface area contributed by atoms with Gasteiger partial charge in [-0.3, -0.25) is 9.59 Å². The normalized spacial score (nSPS) is 14.9. The molecule has 3 aliphatic heterocycles. The molecule has 0 bridgehead atoms. The number of piperazine rings is 1. The first kappa shape index (κ1) is 39.6. The summed E-state index contributed by atoms with van der Waals surface area (Å²) in [6.45, 7) is 5.87. The van der Waals surface area contributed by atoms with E-state index in [0.717, 1.165) is 72.6 Å². The zero-order chi connectivity index (χ0) is 37.2. The summed E-state index contributed by atoms with van der Waals surface area (Å²) in [7, 11) is 1.17. The number of benzene rings is 4. The molecule has 15 heteroatoms. The van der Waals surface area contributed by atoms with Crippen LogP contribution >= 0.6 is 35.6 Å². The van der Waals surface area contributed by atoms with Gasteiger partial charge in [-0.05, 0) is 103 Å². The van der Waals surface area contributed by atoms with Gasteiger partial charge in [-0.15, -0.1) is 12.4 Å². The molecule has 4 aromatic carbocycles. The molecule has 10 nitrogen and oxygen atoms in total. The van der Waals surface area contributed by atoms with Gasteiger partial charge in [0.25, 0.3) is 5.91 Å². The summed E-state index contributed by atoms with van der Waals surface area (Å²) in [6, 6.07) is 24.1. The lowest BCUT2D eigenvalue weighted by Gasteiger charge is -2.34. The minimum absolute atomic E-state index is 0. The van der Waals surface area contributed by atoms with Crippen LogP contribution in [0.3, 0.4) is 0 Å². The molecule has 3 N–H and O–H groups in total. The fourth-order valence-electron chi connectivity index (χ4n) is 6.89. The van der Waals surface area contributed by atoms with Gasteiger partial charge >= 0.3 is 14.0 Å². The minimum Gasteiger partial charge on any atom is -0.446 e. The standard InChI is InChI=1S/C21H24BClN2O2.C18H15BClN3O3.ClH/c1-24-8-10-25(11-9-24)17-4-5-18(20(23)14-17)21(26)13-15-2-3-16-6-7-22(27)19(16)12-15;1-11-6-7-23(22-11)14-4-5-15(17(20)9-14)18(24)21-13-3-2-12-10-26-19(25)16(12)8-13;/h2-5,12,14,27H,6-11,13H2,1H3;2-9,25H,10H2,1H3,(H,21,24);1H. The zero-order valence-electron chi connectivity index (χ0n) is 30.0. The Hall–Kier alpha value is -4.13. The molecule has 0 radical (unpaired) electrons. The Morgan fingerprint density at radius 2 is 1.56 bits per heavy atom. The number of carbonyl (C=O) groups is 2. The van der Waals surface area contributed by atoms with Crippen LogP contribution in [-0.2, 0) is 24.1 Å². The number of hydrogen-bond donors (Lipinski definition) is 3. The molecule has 5 aromatic rings. The van der Waals surface area contributed by atoms with Gasteiger partial charge in [0.05, 0.1) is 33.6 Å². The zero-order valence-corrected chi connectivity index (χ0v) is 32.3. The van der Waals surface area contributed by atoms with Crippen molar-refractivity contribution in [2.75, 3.05) is 43.4 Å². The number of anilines is 2. The van der Waals surface area contributed by atoms with Crippen LogP contribution in [0.4, 0.5) is 11.4 Å². The predicted molar refractivity (Wildman–Crippen MR) is 219 cm³/mol. The highest BCUT2D eigenvalue weighted by atomic mass is 35.5. The van der Waals surface area contributed by atoms with Crippen molar-refractivity contribution in [1.82, 2.24) is 14.7 Å². The molecule has 1 amide bonds. The van der Waals surface area contributed by atoms with Crippen LogP contribution in [0, 0.1) is 6.92 Å². The molecule has 0 aliphatic carbocycles. The largest absolute Gasteiger partial charge is 0.491 e. The van der Waals surface area contributed by atoms with Crippen molar-refractivity contribution >= 4 is 83.6 Å². The number of carbonyl (C=O) groups excluding carboxylic acids is 2. The SMILES string of the molecule is CN1CCN(c2ccc(C(=O)Cc3ccc4c(c3)B(O)CC4)c(Cl)c2)CC1.Cc1ccn(-c2ccc(C(=O)Nc3ccc4c(c3)B(O)OC4)c(Cl)c2)n1.Cl. The molecule has 54 heavy (non-hydrogen) atoms. The molecule has 1 fully saturated rings. The van der Waals surface area contributed by atoms with E-state index in [9.17, 15) is 19.6 Å². The molecule has 4 heterocycles. The molecule has 3 aliphatic rings. The van der Waals surface area contributed by atoms with E-state index in [1.165, 1.54) is 5.56 Å². The molecule has 8 rings (SSSR count). The molecule has 1 aromatic heterocycles. The number of fused-ring (bicyclic) bond motifs is 2. The van der Waals surface area contributed by atoms with Gasteiger partial charge in [-0.25, -0.2) is 4.68 Å². The fourth-order valence-corrected chi connectivity index (χ4v) is 7.43. The van der Waals surface area contributed by atoms with E-state index in [2.05, 4.69) is 27.3 Å². The number of nitrogens with zero attached hydrogens (tertiary/aromatic N) is 4. The quantitative estimate of drug-likeness (QED) is 0.156. The third kappa shape index (κ3) is 8.87. The summed E-state index contributed by atoms with van der Waals surface area (Å²) in [5, 5.41) is 27.8. The summed E-state index contributed by atoms with van der Waals surface area (Å²) < 4.78 is 6.86. The third-order valence-corrected chi connectivity index (χ3v) is 10.6. The maximum atomic E-state index is 12.8. The number of likely N-dealkylation sites (N-methyl/N-ethyl adjacent to an activating group) is 1. The number of amides is 1. The molecule has 0 saturated carbocycles. The topological polar surface area (TPSA) is 120 Å². The number of Topliss-reactive ketones (excluding diaryl/α,β-unsaturated/α-hetero) is 1. The van der Waals surface area contributed by atoms with Crippen molar-refractivity contribution in [1.29, 1.82) is 0 Å². The lowest BCUT2D eigenvalue weighted by molar-refractivity contribution is 0.0991. The second kappa shape index (κ2) is 17.1. The lowest BCUT2D eigenvalue weighted by Crippen LogP contribution is -2.44. The van der Waals surface area contributed by atoms with Crippen LogP contribution in [0.5, 0.6) is 0 Å². The van der Waals surface area contributed by atoms with Crippen molar-refractivity contribution < 1.29 is 24.3 Å². The first-order valence-electron chi connectivity index (χ1n) is 17.6. The van der Waals surface area contributed by atoms with Crippen LogP contribution in [0.25, 0.3) is 5.69 Å². The second-order valence-corrected chi connectivity index (χ2v) is 14.6. The first-order valence-corrected chi connectivity index (χ1v) is 18.4. The number of ketones is 1.